The van der Waals surface area contributed by atoms with Gasteiger partial charge in [0, 0.05) is 6.21 Å². The van der Waals surface area contributed by atoms with E-state index in [9.17, 15) is 4.79 Å². The topological polar surface area (TPSA) is 81.4 Å². The summed E-state index contributed by atoms with van der Waals surface area (Å²) >= 11 is 0. The lowest BCUT2D eigenvalue weighted by atomic mass is 10.1. The summed E-state index contributed by atoms with van der Waals surface area (Å²) in [4.78, 5) is 11.8. The maximum absolute atomic E-state index is 11.8. The van der Waals surface area contributed by atoms with Crippen molar-refractivity contribution in [1.29, 1.82) is 0 Å². The van der Waals surface area contributed by atoms with Crippen molar-refractivity contribution in [2.45, 2.75) is 20.4 Å². The molecule has 0 saturated carbocycles. The Morgan fingerprint density at radius 1 is 1.17 bits per heavy atom. The second kappa shape index (κ2) is 9.98. The van der Waals surface area contributed by atoms with E-state index in [1.54, 1.807) is 16.8 Å². The fourth-order valence-electron chi connectivity index (χ4n) is 2.73. The predicted molar refractivity (Wildman–Crippen MR) is 113 cm³/mol. The maximum Gasteiger partial charge on any atom is 0.277 e. The monoisotopic (exact) mass is 389 g/mol. The zero-order chi connectivity index (χ0) is 20.5. The molecule has 29 heavy (non-hydrogen) atoms. The number of rotatable bonds is 8. The number of hydrogen-bond donors (Lipinski definition) is 1. The van der Waals surface area contributed by atoms with Gasteiger partial charge in [0.1, 0.15) is 11.4 Å². The van der Waals surface area contributed by atoms with Crippen molar-refractivity contribution in [2.75, 3.05) is 6.61 Å². The van der Waals surface area contributed by atoms with Crippen molar-refractivity contribution < 1.29 is 9.53 Å². The number of ether oxygens (including phenoxy) is 1. The van der Waals surface area contributed by atoms with Gasteiger partial charge in [-0.25, -0.2) is 10.1 Å². The third kappa shape index (κ3) is 6.73. The first-order valence-corrected chi connectivity index (χ1v) is 9.22. The molecule has 0 radical (unpaired) electrons. The van der Waals surface area contributed by atoms with Gasteiger partial charge in [-0.05, 0) is 54.8 Å². The Hall–Kier alpha value is -3.74. The van der Waals surface area contributed by atoms with E-state index in [0.29, 0.717) is 18.0 Å². The maximum atomic E-state index is 11.8. The van der Waals surface area contributed by atoms with Gasteiger partial charge >= 0.3 is 0 Å². The molecule has 0 atom stereocenters. The number of allylic oxidation sites excluding steroid dienone is 1. The van der Waals surface area contributed by atoms with Crippen LogP contribution in [0.4, 0.5) is 0 Å². The molecule has 148 valence electrons. The van der Waals surface area contributed by atoms with Gasteiger partial charge in [0.2, 0.25) is 0 Å². The molecule has 7 nitrogen and oxygen atoms in total. The Morgan fingerprint density at radius 3 is 2.69 bits per heavy atom. The molecule has 1 N–H and O–H groups in total. The molecule has 0 aliphatic carbocycles. The summed E-state index contributed by atoms with van der Waals surface area (Å²) in [6.45, 7) is 4.53. The van der Waals surface area contributed by atoms with E-state index in [1.807, 2.05) is 68.6 Å². The average Bonchev–Trinajstić information content (AvgIpc) is 3.13. The van der Waals surface area contributed by atoms with E-state index >= 15 is 0 Å². The minimum atomic E-state index is -0.331. The Morgan fingerprint density at radius 2 is 1.93 bits per heavy atom. The average molecular weight is 389 g/mol. The zero-order valence-corrected chi connectivity index (χ0v) is 16.4. The van der Waals surface area contributed by atoms with Crippen molar-refractivity contribution in [3.05, 3.63) is 83.2 Å². The molecule has 2 aromatic carbocycles. The number of benzene rings is 2. The van der Waals surface area contributed by atoms with Gasteiger partial charge in [-0.1, -0.05) is 41.6 Å². The molecule has 0 fully saturated rings. The van der Waals surface area contributed by atoms with Crippen LogP contribution in [0.15, 0.2) is 65.9 Å². The van der Waals surface area contributed by atoms with Crippen LogP contribution in [0, 0.1) is 13.8 Å². The van der Waals surface area contributed by atoms with E-state index < -0.39 is 0 Å². The minimum absolute atomic E-state index is 0.0994. The molecular weight excluding hydrogens is 366 g/mol. The highest BCUT2D eigenvalue weighted by Crippen LogP contribution is 2.15. The number of nitrogens with zero attached hydrogens (tertiary/aromatic N) is 4. The van der Waals surface area contributed by atoms with Crippen LogP contribution in [0.5, 0.6) is 5.75 Å². The first-order valence-electron chi connectivity index (χ1n) is 9.22. The van der Waals surface area contributed by atoms with Gasteiger partial charge in [-0.15, -0.1) is 5.10 Å². The smallest absolute Gasteiger partial charge is 0.277 e. The molecule has 0 spiro atoms. The molecule has 0 aliphatic rings. The van der Waals surface area contributed by atoms with E-state index in [-0.39, 0.29) is 12.5 Å². The van der Waals surface area contributed by atoms with Crippen molar-refractivity contribution in [2.24, 2.45) is 5.10 Å². The number of hydrazone groups is 1. The van der Waals surface area contributed by atoms with Crippen LogP contribution in [0.2, 0.25) is 0 Å². The van der Waals surface area contributed by atoms with E-state index in [2.05, 4.69) is 20.8 Å². The van der Waals surface area contributed by atoms with E-state index in [4.69, 9.17) is 4.74 Å². The highest BCUT2D eigenvalue weighted by Gasteiger charge is 2.02. The lowest BCUT2D eigenvalue weighted by Gasteiger charge is -2.07. The number of carbonyl (C=O) groups is 1. The first-order chi connectivity index (χ1) is 14.1. The van der Waals surface area contributed by atoms with Gasteiger partial charge in [0.25, 0.3) is 5.91 Å². The second-order valence-electron chi connectivity index (χ2n) is 6.61. The van der Waals surface area contributed by atoms with Crippen molar-refractivity contribution in [3.63, 3.8) is 0 Å². The molecular formula is C22H23N5O2. The van der Waals surface area contributed by atoms with Crippen LogP contribution in [0.1, 0.15) is 22.4 Å². The molecule has 1 heterocycles. The molecule has 1 amide bonds. The quantitative estimate of drug-likeness (QED) is 0.474. The van der Waals surface area contributed by atoms with Crippen LogP contribution in [-0.4, -0.2) is 33.7 Å². The molecule has 0 bridgehead atoms. The van der Waals surface area contributed by atoms with Crippen LogP contribution >= 0.6 is 0 Å². The standard InChI is InChI=1S/C22H23N5O2/c1-17-11-18(2)13-21(12-17)29-16-22(28)25-23-10-6-9-20-15-27(26-24-20)14-19-7-4-3-5-8-19/h3-13,15H,14,16H2,1-2H3,(H,25,28)/b9-6+,23-10-. The van der Waals surface area contributed by atoms with Gasteiger partial charge in [0.15, 0.2) is 6.61 Å². The molecule has 3 aromatic rings. The summed E-state index contributed by atoms with van der Waals surface area (Å²) in [5.41, 5.74) is 6.45. The molecule has 3 rings (SSSR count). The summed E-state index contributed by atoms with van der Waals surface area (Å²) in [5.74, 6) is 0.336. The van der Waals surface area contributed by atoms with Gasteiger partial charge in [0.05, 0.1) is 12.7 Å². The number of nitrogens with one attached hydrogen (secondary N) is 1. The normalized spacial score (nSPS) is 11.2. The molecule has 7 heteroatoms. The summed E-state index contributed by atoms with van der Waals surface area (Å²) in [6.07, 6.45) is 6.76. The number of amides is 1. The largest absolute Gasteiger partial charge is 0.484 e. The SMILES string of the molecule is Cc1cc(C)cc(OCC(=O)N/N=C\C=C\c2cn(Cc3ccccc3)nn2)c1. The highest BCUT2D eigenvalue weighted by molar-refractivity contribution is 5.81. The van der Waals surface area contributed by atoms with Gasteiger partial charge in [-0.3, -0.25) is 4.79 Å². The first kappa shape index (κ1) is 20.0. The Labute approximate surface area is 169 Å². The third-order valence-electron chi connectivity index (χ3n) is 3.93. The number of aromatic nitrogens is 3. The van der Waals surface area contributed by atoms with Crippen LogP contribution in [0.25, 0.3) is 6.08 Å². The number of hydrogen-bond acceptors (Lipinski definition) is 5. The molecule has 0 aliphatic heterocycles. The Balaban J connectivity index is 1.41. The van der Waals surface area contributed by atoms with Gasteiger partial charge < -0.3 is 4.74 Å². The minimum Gasteiger partial charge on any atom is -0.484 e. The van der Waals surface area contributed by atoms with Crippen LogP contribution in [0.3, 0.4) is 0 Å². The zero-order valence-electron chi connectivity index (χ0n) is 16.4. The summed E-state index contributed by atoms with van der Waals surface area (Å²) in [5, 5.41) is 12.0. The fourth-order valence-corrected chi connectivity index (χ4v) is 2.73. The third-order valence-corrected chi connectivity index (χ3v) is 3.93. The fraction of sp³-hybridized carbons (Fsp3) is 0.182. The number of carbonyl (C=O) groups excluding carboxylic acids is 1. The van der Waals surface area contributed by atoms with Crippen LogP contribution in [-0.2, 0) is 11.3 Å². The number of aryl methyl sites for hydroxylation is 2. The second-order valence-corrected chi connectivity index (χ2v) is 6.61. The van der Waals surface area contributed by atoms with Crippen LogP contribution < -0.4 is 10.2 Å². The van der Waals surface area contributed by atoms with E-state index in [0.717, 1.165) is 16.7 Å². The van der Waals surface area contributed by atoms with Gasteiger partial charge in [-0.2, -0.15) is 5.10 Å². The lowest BCUT2D eigenvalue weighted by molar-refractivity contribution is -0.123. The molecule has 1 aromatic heterocycles. The summed E-state index contributed by atoms with van der Waals surface area (Å²) in [7, 11) is 0. The van der Waals surface area contributed by atoms with Crippen molar-refractivity contribution in [3.8, 4) is 5.75 Å². The Kier molecular flexibility index (Phi) is 6.89. The summed E-state index contributed by atoms with van der Waals surface area (Å²) in [6, 6.07) is 15.9. The summed E-state index contributed by atoms with van der Waals surface area (Å²) < 4.78 is 7.24. The lowest BCUT2D eigenvalue weighted by Crippen LogP contribution is -2.24. The predicted octanol–water partition coefficient (Wildman–Crippen LogP) is 3.14. The Bertz CT molecular complexity index is 989. The highest BCUT2D eigenvalue weighted by atomic mass is 16.5. The van der Waals surface area contributed by atoms with Crippen molar-refractivity contribution >= 4 is 18.2 Å². The molecule has 0 saturated heterocycles. The van der Waals surface area contributed by atoms with Crippen molar-refractivity contribution in [1.82, 2.24) is 20.4 Å². The van der Waals surface area contributed by atoms with E-state index in [1.165, 1.54) is 6.21 Å². The molecule has 0 unspecified atom stereocenters.